The fourth-order valence-electron chi connectivity index (χ4n) is 1.45. The molecule has 2 heteroatoms. The van der Waals surface area contributed by atoms with Crippen molar-refractivity contribution < 1.29 is 9.47 Å². The fourth-order valence-corrected chi connectivity index (χ4v) is 1.45. The Morgan fingerprint density at radius 3 is 2.85 bits per heavy atom. The quantitative estimate of drug-likeness (QED) is 0.520. The Morgan fingerprint density at radius 2 is 2.23 bits per heavy atom. The van der Waals surface area contributed by atoms with Crippen molar-refractivity contribution >= 4 is 0 Å². The number of hydrogen-bond acceptors (Lipinski definition) is 2. The molecule has 0 aromatic heterocycles. The van der Waals surface area contributed by atoms with E-state index in [-0.39, 0.29) is 12.2 Å². The highest BCUT2D eigenvalue weighted by Gasteiger charge is 2.39. The first-order chi connectivity index (χ1) is 6.36. The number of epoxide rings is 1. The molecule has 1 saturated heterocycles. The van der Waals surface area contributed by atoms with Crippen molar-refractivity contribution in [2.75, 3.05) is 7.11 Å². The van der Waals surface area contributed by atoms with Crippen LogP contribution in [0.25, 0.3) is 0 Å². The molecule has 0 aliphatic carbocycles. The predicted octanol–water partition coefficient (Wildman–Crippen LogP) is 2.32. The zero-order valence-electron chi connectivity index (χ0n) is 7.57. The van der Waals surface area contributed by atoms with Gasteiger partial charge in [0.1, 0.15) is 18.0 Å². The maximum atomic E-state index is 5.40. The zero-order valence-corrected chi connectivity index (χ0v) is 7.57. The van der Waals surface area contributed by atoms with E-state index in [0.717, 1.165) is 11.3 Å². The van der Waals surface area contributed by atoms with Gasteiger partial charge >= 0.3 is 0 Å². The molecule has 0 bridgehead atoms. The van der Waals surface area contributed by atoms with Crippen molar-refractivity contribution in [2.45, 2.75) is 12.2 Å². The van der Waals surface area contributed by atoms with Crippen molar-refractivity contribution in [3.8, 4) is 5.75 Å². The Hall–Kier alpha value is -1.28. The van der Waals surface area contributed by atoms with Crippen LogP contribution < -0.4 is 4.74 Å². The molecule has 2 rings (SSSR count). The molecular weight excluding hydrogens is 164 g/mol. The van der Waals surface area contributed by atoms with Crippen LogP contribution in [-0.2, 0) is 4.74 Å². The Labute approximate surface area is 77.8 Å². The third kappa shape index (κ3) is 1.45. The van der Waals surface area contributed by atoms with Crippen molar-refractivity contribution in [3.05, 3.63) is 42.5 Å². The van der Waals surface area contributed by atoms with Crippen LogP contribution in [0.3, 0.4) is 0 Å². The van der Waals surface area contributed by atoms with E-state index in [1.807, 2.05) is 30.3 Å². The Morgan fingerprint density at radius 1 is 1.46 bits per heavy atom. The lowest BCUT2D eigenvalue weighted by Gasteiger charge is -2.04. The average molecular weight is 176 g/mol. The summed E-state index contributed by atoms with van der Waals surface area (Å²) < 4.78 is 10.6. The molecule has 13 heavy (non-hydrogen) atoms. The van der Waals surface area contributed by atoms with Crippen molar-refractivity contribution in [2.24, 2.45) is 0 Å². The minimum Gasteiger partial charge on any atom is -0.496 e. The summed E-state index contributed by atoms with van der Waals surface area (Å²) >= 11 is 0. The van der Waals surface area contributed by atoms with E-state index < -0.39 is 0 Å². The lowest BCUT2D eigenvalue weighted by molar-refractivity contribution is 0.374. The monoisotopic (exact) mass is 176 g/mol. The molecule has 0 radical (unpaired) electrons. The first kappa shape index (κ1) is 8.32. The van der Waals surface area contributed by atoms with Gasteiger partial charge in [0, 0.05) is 5.56 Å². The number of rotatable bonds is 3. The number of ether oxygens (including phenoxy) is 2. The van der Waals surface area contributed by atoms with Crippen molar-refractivity contribution in [3.63, 3.8) is 0 Å². The van der Waals surface area contributed by atoms with Gasteiger partial charge in [-0.15, -0.1) is 6.58 Å². The van der Waals surface area contributed by atoms with Crippen LogP contribution in [-0.4, -0.2) is 13.2 Å². The highest BCUT2D eigenvalue weighted by Crippen LogP contribution is 2.43. The minimum atomic E-state index is 0.147. The summed E-state index contributed by atoms with van der Waals surface area (Å²) in [6, 6.07) is 7.90. The molecular formula is C11H12O2. The van der Waals surface area contributed by atoms with E-state index in [0.29, 0.717) is 0 Å². The second-order valence-corrected chi connectivity index (χ2v) is 3.00. The van der Waals surface area contributed by atoms with Gasteiger partial charge in [-0.3, -0.25) is 0 Å². The summed E-state index contributed by atoms with van der Waals surface area (Å²) in [4.78, 5) is 0. The standard InChI is InChI=1S/C11H12O2/c1-3-9-11(13-9)8-6-4-5-7-10(8)12-2/h3-7,9,11H,1H2,2H3. The molecule has 2 atom stereocenters. The zero-order chi connectivity index (χ0) is 9.26. The maximum Gasteiger partial charge on any atom is 0.124 e. The van der Waals surface area contributed by atoms with Gasteiger partial charge in [0.05, 0.1) is 7.11 Å². The summed E-state index contributed by atoms with van der Waals surface area (Å²) in [6.07, 6.45) is 2.13. The molecule has 1 fully saturated rings. The molecule has 2 unspecified atom stereocenters. The molecule has 1 aliphatic rings. The Kier molecular flexibility index (Phi) is 2.07. The highest BCUT2D eigenvalue weighted by molar-refractivity contribution is 5.38. The van der Waals surface area contributed by atoms with Crippen molar-refractivity contribution in [1.29, 1.82) is 0 Å². The van der Waals surface area contributed by atoms with E-state index in [1.165, 1.54) is 0 Å². The molecule has 1 heterocycles. The Bertz CT molecular complexity index is 320. The SMILES string of the molecule is C=CC1OC1c1ccccc1OC. The first-order valence-electron chi connectivity index (χ1n) is 4.27. The summed E-state index contributed by atoms with van der Waals surface area (Å²) in [6.45, 7) is 3.69. The fraction of sp³-hybridized carbons (Fsp3) is 0.273. The second-order valence-electron chi connectivity index (χ2n) is 3.00. The van der Waals surface area contributed by atoms with E-state index in [9.17, 15) is 0 Å². The molecule has 0 saturated carbocycles. The van der Waals surface area contributed by atoms with Crippen LogP contribution in [0.1, 0.15) is 11.7 Å². The lowest BCUT2D eigenvalue weighted by Crippen LogP contribution is -1.91. The van der Waals surface area contributed by atoms with Gasteiger partial charge in [-0.05, 0) is 6.07 Å². The third-order valence-electron chi connectivity index (χ3n) is 2.20. The Balaban J connectivity index is 2.25. The van der Waals surface area contributed by atoms with Crippen LogP contribution in [0, 0.1) is 0 Å². The van der Waals surface area contributed by atoms with Crippen LogP contribution in [0.2, 0.25) is 0 Å². The molecule has 0 amide bonds. The molecule has 0 spiro atoms. The smallest absolute Gasteiger partial charge is 0.124 e. The summed E-state index contributed by atoms with van der Waals surface area (Å²) in [5, 5.41) is 0. The largest absolute Gasteiger partial charge is 0.496 e. The molecule has 1 aliphatic heterocycles. The van der Waals surface area contributed by atoms with Crippen LogP contribution >= 0.6 is 0 Å². The van der Waals surface area contributed by atoms with Gasteiger partial charge in [-0.2, -0.15) is 0 Å². The number of hydrogen-bond donors (Lipinski definition) is 0. The lowest BCUT2D eigenvalue weighted by atomic mass is 10.1. The molecule has 2 nitrogen and oxygen atoms in total. The first-order valence-corrected chi connectivity index (χ1v) is 4.27. The number of para-hydroxylation sites is 1. The van der Waals surface area contributed by atoms with Gasteiger partial charge in [-0.25, -0.2) is 0 Å². The van der Waals surface area contributed by atoms with E-state index >= 15 is 0 Å². The van der Waals surface area contributed by atoms with Gasteiger partial charge in [-0.1, -0.05) is 24.3 Å². The molecule has 0 N–H and O–H groups in total. The molecule has 68 valence electrons. The predicted molar refractivity (Wildman–Crippen MR) is 50.8 cm³/mol. The summed E-state index contributed by atoms with van der Waals surface area (Å²) in [7, 11) is 1.67. The van der Waals surface area contributed by atoms with Crippen LogP contribution in [0.15, 0.2) is 36.9 Å². The van der Waals surface area contributed by atoms with E-state index in [4.69, 9.17) is 9.47 Å². The van der Waals surface area contributed by atoms with E-state index in [2.05, 4.69) is 6.58 Å². The van der Waals surface area contributed by atoms with Gasteiger partial charge in [0.2, 0.25) is 0 Å². The number of benzene rings is 1. The third-order valence-corrected chi connectivity index (χ3v) is 2.20. The molecule has 1 aromatic rings. The maximum absolute atomic E-state index is 5.40. The molecule has 1 aromatic carbocycles. The number of methoxy groups -OCH3 is 1. The van der Waals surface area contributed by atoms with Crippen LogP contribution in [0.5, 0.6) is 5.75 Å². The van der Waals surface area contributed by atoms with Gasteiger partial charge in [0.25, 0.3) is 0 Å². The average Bonchev–Trinajstić information content (AvgIpc) is 2.96. The minimum absolute atomic E-state index is 0.147. The van der Waals surface area contributed by atoms with Gasteiger partial charge < -0.3 is 9.47 Å². The van der Waals surface area contributed by atoms with Gasteiger partial charge in [0.15, 0.2) is 0 Å². The topological polar surface area (TPSA) is 21.8 Å². The summed E-state index contributed by atoms with van der Waals surface area (Å²) in [5.41, 5.74) is 1.11. The highest BCUT2D eigenvalue weighted by atomic mass is 16.6. The van der Waals surface area contributed by atoms with Crippen molar-refractivity contribution in [1.82, 2.24) is 0 Å². The second kappa shape index (κ2) is 3.23. The normalized spacial score (nSPS) is 25.3. The van der Waals surface area contributed by atoms with E-state index in [1.54, 1.807) is 7.11 Å². The summed E-state index contributed by atoms with van der Waals surface area (Å²) in [5.74, 6) is 0.886. The van der Waals surface area contributed by atoms with Crippen LogP contribution in [0.4, 0.5) is 0 Å².